The third-order valence-electron chi connectivity index (χ3n) is 5.25. The number of likely N-dealkylation sites (tertiary alicyclic amines) is 1. The van der Waals surface area contributed by atoms with Crippen LogP contribution in [0.15, 0.2) is 5.51 Å². The van der Waals surface area contributed by atoms with E-state index in [1.807, 2.05) is 12.4 Å². The van der Waals surface area contributed by atoms with Gasteiger partial charge in [-0.2, -0.15) is 0 Å². The predicted octanol–water partition coefficient (Wildman–Crippen LogP) is 2.38. The van der Waals surface area contributed by atoms with Gasteiger partial charge in [-0.3, -0.25) is 4.79 Å². The van der Waals surface area contributed by atoms with E-state index in [4.69, 9.17) is 0 Å². The number of nitrogens with zero attached hydrogens (tertiary/aromatic N) is 2. The molecule has 0 aliphatic carbocycles. The number of aryl methyl sites for hydroxylation is 2. The van der Waals surface area contributed by atoms with Crippen LogP contribution in [0.2, 0.25) is 0 Å². The van der Waals surface area contributed by atoms with Crippen LogP contribution in [0.1, 0.15) is 42.7 Å². The monoisotopic (exact) mass is 307 g/mol. The van der Waals surface area contributed by atoms with E-state index in [-0.39, 0.29) is 0 Å². The lowest BCUT2D eigenvalue weighted by atomic mass is 9.71. The average molecular weight is 307 g/mol. The molecular weight excluding hydrogens is 282 g/mol. The van der Waals surface area contributed by atoms with Crippen LogP contribution >= 0.6 is 11.3 Å². The molecule has 2 aliphatic rings. The van der Waals surface area contributed by atoms with E-state index in [1.54, 1.807) is 11.3 Å². The molecule has 0 bridgehead atoms. The Morgan fingerprint density at radius 3 is 2.67 bits per heavy atom. The van der Waals surface area contributed by atoms with E-state index in [2.05, 4.69) is 15.2 Å². The van der Waals surface area contributed by atoms with Crippen molar-refractivity contribution in [3.63, 3.8) is 0 Å². The van der Waals surface area contributed by atoms with Gasteiger partial charge in [0.05, 0.1) is 11.2 Å². The first kappa shape index (κ1) is 15.0. The molecule has 0 unspecified atom stereocenters. The number of piperidine rings is 2. The van der Waals surface area contributed by atoms with Crippen LogP contribution in [-0.4, -0.2) is 42.0 Å². The summed E-state index contributed by atoms with van der Waals surface area (Å²) in [5, 5.41) is 3.45. The highest BCUT2D eigenvalue weighted by atomic mass is 32.1. The van der Waals surface area contributed by atoms with Gasteiger partial charge >= 0.3 is 0 Å². The zero-order chi connectivity index (χ0) is 14.7. The Hall–Kier alpha value is -0.940. The van der Waals surface area contributed by atoms with Crippen LogP contribution in [-0.2, 0) is 11.2 Å². The standard InChI is InChI=1S/C16H25N3OS/c1-13-14(21-12-18-13)2-3-15(20)19-10-6-16(7-11-19)4-8-17-9-5-16/h12,17H,2-11H2,1H3. The highest BCUT2D eigenvalue weighted by Crippen LogP contribution is 2.39. The lowest BCUT2D eigenvalue weighted by Crippen LogP contribution is -2.47. The van der Waals surface area contributed by atoms with Gasteiger partial charge in [-0.15, -0.1) is 11.3 Å². The first-order chi connectivity index (χ1) is 10.2. The van der Waals surface area contributed by atoms with Crippen molar-refractivity contribution in [2.45, 2.75) is 45.4 Å². The third kappa shape index (κ3) is 3.46. The Morgan fingerprint density at radius 2 is 2.05 bits per heavy atom. The molecule has 1 spiro atoms. The van der Waals surface area contributed by atoms with Crippen LogP contribution in [0.25, 0.3) is 0 Å². The first-order valence-electron chi connectivity index (χ1n) is 8.06. The van der Waals surface area contributed by atoms with Crippen molar-refractivity contribution in [2.24, 2.45) is 5.41 Å². The van der Waals surface area contributed by atoms with E-state index in [0.717, 1.165) is 38.3 Å². The normalized spacial score (nSPS) is 21.7. The summed E-state index contributed by atoms with van der Waals surface area (Å²) in [5.74, 6) is 0.326. The fraction of sp³-hybridized carbons (Fsp3) is 0.750. The van der Waals surface area contributed by atoms with Crippen molar-refractivity contribution in [3.05, 3.63) is 16.1 Å². The molecule has 2 saturated heterocycles. The van der Waals surface area contributed by atoms with E-state index in [1.165, 1.54) is 30.6 Å². The number of rotatable bonds is 3. The van der Waals surface area contributed by atoms with Crippen LogP contribution in [0.3, 0.4) is 0 Å². The second-order valence-corrected chi connectivity index (χ2v) is 7.43. The molecule has 0 radical (unpaired) electrons. The highest BCUT2D eigenvalue weighted by molar-refractivity contribution is 7.09. The van der Waals surface area contributed by atoms with E-state index in [9.17, 15) is 4.79 Å². The summed E-state index contributed by atoms with van der Waals surface area (Å²) in [6.45, 7) is 6.25. The zero-order valence-corrected chi connectivity index (χ0v) is 13.7. The number of carbonyl (C=O) groups excluding carboxylic acids is 1. The minimum atomic E-state index is 0.326. The van der Waals surface area contributed by atoms with Gasteiger partial charge in [0.15, 0.2) is 0 Å². The van der Waals surface area contributed by atoms with Crippen molar-refractivity contribution < 1.29 is 4.79 Å². The predicted molar refractivity (Wildman–Crippen MR) is 85.5 cm³/mol. The van der Waals surface area contributed by atoms with Gasteiger partial charge in [0.1, 0.15) is 0 Å². The topological polar surface area (TPSA) is 45.2 Å². The summed E-state index contributed by atoms with van der Waals surface area (Å²) in [7, 11) is 0. The van der Waals surface area contributed by atoms with E-state index >= 15 is 0 Å². The molecule has 116 valence electrons. The third-order valence-corrected chi connectivity index (χ3v) is 6.25. The molecule has 1 aromatic heterocycles. The molecule has 1 N–H and O–H groups in total. The fourth-order valence-corrected chi connectivity index (χ4v) is 4.41. The van der Waals surface area contributed by atoms with Gasteiger partial charge in [0.25, 0.3) is 0 Å². The maximum absolute atomic E-state index is 12.4. The molecule has 1 amide bonds. The molecule has 4 nitrogen and oxygen atoms in total. The number of hydrogen-bond donors (Lipinski definition) is 1. The molecule has 5 heteroatoms. The quantitative estimate of drug-likeness (QED) is 0.932. The minimum absolute atomic E-state index is 0.326. The van der Waals surface area contributed by atoms with Crippen LogP contribution in [0.4, 0.5) is 0 Å². The van der Waals surface area contributed by atoms with Crippen LogP contribution < -0.4 is 5.32 Å². The Morgan fingerprint density at radius 1 is 1.33 bits per heavy atom. The fourth-order valence-electron chi connectivity index (χ4n) is 3.63. The number of carbonyl (C=O) groups is 1. The second-order valence-electron chi connectivity index (χ2n) is 6.49. The summed E-state index contributed by atoms with van der Waals surface area (Å²) in [6, 6.07) is 0. The largest absolute Gasteiger partial charge is 0.343 e. The molecule has 1 aromatic rings. The van der Waals surface area contributed by atoms with Crippen molar-refractivity contribution in [3.8, 4) is 0 Å². The molecule has 0 aromatic carbocycles. The molecule has 0 atom stereocenters. The molecular formula is C16H25N3OS. The van der Waals surface area contributed by atoms with Gasteiger partial charge in [-0.25, -0.2) is 4.98 Å². The zero-order valence-electron chi connectivity index (χ0n) is 12.9. The van der Waals surface area contributed by atoms with Crippen molar-refractivity contribution >= 4 is 17.2 Å². The van der Waals surface area contributed by atoms with Crippen molar-refractivity contribution in [2.75, 3.05) is 26.2 Å². The van der Waals surface area contributed by atoms with Gasteiger partial charge in [0.2, 0.25) is 5.91 Å². The van der Waals surface area contributed by atoms with E-state index in [0.29, 0.717) is 17.7 Å². The van der Waals surface area contributed by atoms with Gasteiger partial charge < -0.3 is 10.2 Å². The van der Waals surface area contributed by atoms with Crippen molar-refractivity contribution in [1.29, 1.82) is 0 Å². The Kier molecular flexibility index (Phi) is 4.60. The molecule has 2 aliphatic heterocycles. The SMILES string of the molecule is Cc1ncsc1CCC(=O)N1CCC2(CCNCC2)CC1. The van der Waals surface area contributed by atoms with Gasteiger partial charge in [-0.05, 0) is 57.5 Å². The summed E-state index contributed by atoms with van der Waals surface area (Å²) in [4.78, 5) is 20.0. The number of thiazole rings is 1. The summed E-state index contributed by atoms with van der Waals surface area (Å²) in [5.41, 5.74) is 3.48. The molecule has 3 rings (SSSR count). The first-order valence-corrected chi connectivity index (χ1v) is 8.94. The van der Waals surface area contributed by atoms with Gasteiger partial charge in [-0.1, -0.05) is 0 Å². The van der Waals surface area contributed by atoms with E-state index < -0.39 is 0 Å². The average Bonchev–Trinajstić information content (AvgIpc) is 2.92. The maximum Gasteiger partial charge on any atom is 0.222 e. The maximum atomic E-state index is 12.4. The van der Waals surface area contributed by atoms with Crippen LogP contribution in [0, 0.1) is 12.3 Å². The van der Waals surface area contributed by atoms with Gasteiger partial charge in [0, 0.05) is 24.4 Å². The summed E-state index contributed by atoms with van der Waals surface area (Å²) < 4.78 is 0. The smallest absolute Gasteiger partial charge is 0.222 e. The lowest BCUT2D eigenvalue weighted by molar-refractivity contribution is -0.133. The number of nitrogens with one attached hydrogen (secondary N) is 1. The molecule has 21 heavy (non-hydrogen) atoms. The van der Waals surface area contributed by atoms with Crippen molar-refractivity contribution in [1.82, 2.24) is 15.2 Å². The van der Waals surface area contributed by atoms with Crippen LogP contribution in [0.5, 0.6) is 0 Å². The minimum Gasteiger partial charge on any atom is -0.343 e. The lowest BCUT2D eigenvalue weighted by Gasteiger charge is -2.44. The second kappa shape index (κ2) is 6.44. The summed E-state index contributed by atoms with van der Waals surface area (Å²) in [6.07, 6.45) is 6.45. The molecule has 0 saturated carbocycles. The summed E-state index contributed by atoms with van der Waals surface area (Å²) >= 11 is 1.67. The highest BCUT2D eigenvalue weighted by Gasteiger charge is 2.36. The Bertz CT molecular complexity index is 483. The molecule has 2 fully saturated rings. The number of hydrogen-bond acceptors (Lipinski definition) is 4. The molecule has 3 heterocycles. The number of aromatic nitrogens is 1. The number of amides is 1. The Balaban J connectivity index is 1.47. The Labute approximate surface area is 130 Å².